The molecule has 2 aromatic rings. The van der Waals surface area contributed by atoms with E-state index in [0.717, 1.165) is 6.42 Å². The van der Waals surface area contributed by atoms with Gasteiger partial charge in [0.2, 0.25) is 0 Å². The normalized spacial score (nSPS) is 8.50. The van der Waals surface area contributed by atoms with E-state index in [9.17, 15) is 0 Å². The Bertz CT molecular complexity index is 394. The van der Waals surface area contributed by atoms with Gasteiger partial charge in [0.25, 0.3) is 0 Å². The van der Waals surface area contributed by atoms with E-state index < -0.39 is 0 Å². The van der Waals surface area contributed by atoms with E-state index in [4.69, 9.17) is 5.26 Å². The predicted molar refractivity (Wildman–Crippen MR) is 70.3 cm³/mol. The molecule has 0 unspecified atom stereocenters. The van der Waals surface area contributed by atoms with Crippen molar-refractivity contribution in [3.63, 3.8) is 0 Å². The highest BCUT2D eigenvalue weighted by molar-refractivity contribution is 7.85. The van der Waals surface area contributed by atoms with E-state index >= 15 is 0 Å². The van der Waals surface area contributed by atoms with E-state index in [2.05, 4.69) is 73.3 Å². The third-order valence-electron chi connectivity index (χ3n) is 2.09. The lowest BCUT2D eigenvalue weighted by atomic mass is 10.1. The largest absolute Gasteiger partial charge is 0.185 e. The van der Waals surface area contributed by atoms with Gasteiger partial charge in [-0.25, -0.2) is 0 Å². The minimum atomic E-state index is 1.03. The average Bonchev–Trinajstić information content (AvgIpc) is 2.33. The number of hydrogen-bond donors (Lipinski definition) is 1. The Morgan fingerprint density at radius 1 is 0.812 bits per heavy atom. The highest BCUT2D eigenvalue weighted by atomic mass is 32.1. The van der Waals surface area contributed by atoms with Crippen molar-refractivity contribution in [1.82, 2.24) is 0 Å². The quantitative estimate of drug-likeness (QED) is 0.614. The van der Waals surface area contributed by atoms with Crippen molar-refractivity contribution in [2.24, 2.45) is 0 Å². The summed E-state index contributed by atoms with van der Waals surface area (Å²) in [5.74, 6) is 0. The molecule has 2 rings (SSSR count). The molecule has 0 aliphatic carbocycles. The van der Waals surface area contributed by atoms with Crippen LogP contribution in [-0.4, -0.2) is 0 Å². The molecule has 0 bridgehead atoms. The average molecular weight is 227 g/mol. The Kier molecular flexibility index (Phi) is 5.83. The van der Waals surface area contributed by atoms with E-state index in [0.29, 0.717) is 0 Å². The monoisotopic (exact) mass is 227 g/mol. The van der Waals surface area contributed by atoms with Gasteiger partial charge in [0.05, 0.1) is 0 Å². The third kappa shape index (κ3) is 4.68. The first kappa shape index (κ1) is 12.4. The number of thiol groups is 1. The summed E-state index contributed by atoms with van der Waals surface area (Å²) in [4.78, 5) is 0. The number of rotatable bonds is 2. The molecule has 0 aliphatic rings. The van der Waals surface area contributed by atoms with Crippen molar-refractivity contribution in [2.75, 3.05) is 0 Å². The zero-order valence-electron chi connectivity index (χ0n) is 8.88. The fourth-order valence-electron chi connectivity index (χ4n) is 1.43. The summed E-state index contributed by atoms with van der Waals surface area (Å²) in [6.45, 7) is 0. The van der Waals surface area contributed by atoms with Gasteiger partial charge >= 0.3 is 0 Å². The van der Waals surface area contributed by atoms with Gasteiger partial charge in [0, 0.05) is 0 Å². The Morgan fingerprint density at radius 2 is 1.12 bits per heavy atom. The van der Waals surface area contributed by atoms with Crippen molar-refractivity contribution in [1.29, 1.82) is 5.26 Å². The lowest BCUT2D eigenvalue weighted by molar-refractivity contribution is 1.19. The van der Waals surface area contributed by atoms with E-state index in [1.807, 2.05) is 0 Å². The molecule has 0 fully saturated rings. The number of thiocyanates is 1. The molecule has 0 saturated carbocycles. The predicted octanol–water partition coefficient (Wildman–Crippen LogP) is 3.67. The van der Waals surface area contributed by atoms with Gasteiger partial charge in [-0.15, -0.1) is 0 Å². The number of benzene rings is 2. The van der Waals surface area contributed by atoms with Gasteiger partial charge in [-0.1, -0.05) is 73.3 Å². The van der Waals surface area contributed by atoms with Crippen LogP contribution >= 0.6 is 12.6 Å². The number of nitrogens with zero attached hydrogens (tertiary/aromatic N) is 1. The van der Waals surface area contributed by atoms with Crippen LogP contribution in [0.1, 0.15) is 11.1 Å². The van der Waals surface area contributed by atoms with Gasteiger partial charge in [-0.05, 0) is 17.5 Å². The zero-order valence-corrected chi connectivity index (χ0v) is 9.77. The molecule has 16 heavy (non-hydrogen) atoms. The summed E-state index contributed by atoms with van der Waals surface area (Å²) in [5.41, 5.74) is 2.74. The van der Waals surface area contributed by atoms with Gasteiger partial charge < -0.3 is 0 Å². The van der Waals surface area contributed by atoms with Gasteiger partial charge in [-0.3, -0.25) is 0 Å². The van der Waals surface area contributed by atoms with Crippen molar-refractivity contribution in [3.05, 3.63) is 71.8 Å². The van der Waals surface area contributed by atoms with Crippen molar-refractivity contribution in [3.8, 4) is 5.40 Å². The second-order valence-electron chi connectivity index (χ2n) is 3.25. The molecule has 0 spiro atoms. The van der Waals surface area contributed by atoms with Crippen LogP contribution in [0.2, 0.25) is 0 Å². The molecule has 0 aliphatic heterocycles. The first-order valence-electron chi connectivity index (χ1n) is 4.98. The smallest absolute Gasteiger partial charge is 0.130 e. The first-order chi connectivity index (χ1) is 7.86. The van der Waals surface area contributed by atoms with E-state index in [-0.39, 0.29) is 0 Å². The molecule has 0 aromatic heterocycles. The zero-order chi connectivity index (χ0) is 11.6. The minimum absolute atomic E-state index is 1.03. The maximum atomic E-state index is 7.18. The minimum Gasteiger partial charge on any atom is -0.185 e. The molecule has 0 heterocycles. The molecule has 0 atom stereocenters. The lowest BCUT2D eigenvalue weighted by Gasteiger charge is -2.00. The van der Waals surface area contributed by atoms with Crippen LogP contribution in [0.25, 0.3) is 0 Å². The van der Waals surface area contributed by atoms with Crippen LogP contribution in [0.5, 0.6) is 0 Å². The summed E-state index contributed by atoms with van der Waals surface area (Å²) in [6, 6.07) is 21.1. The van der Waals surface area contributed by atoms with Gasteiger partial charge in [0.15, 0.2) is 0 Å². The summed E-state index contributed by atoms with van der Waals surface area (Å²) in [5, 5.41) is 8.63. The Hall–Kier alpha value is -1.72. The van der Waals surface area contributed by atoms with Crippen molar-refractivity contribution < 1.29 is 0 Å². The maximum absolute atomic E-state index is 7.18. The molecule has 0 saturated heterocycles. The highest BCUT2D eigenvalue weighted by Gasteiger charge is 1.92. The lowest BCUT2D eigenvalue weighted by Crippen LogP contribution is -1.85. The molecule has 2 heteroatoms. The fourth-order valence-corrected chi connectivity index (χ4v) is 1.43. The second-order valence-corrected chi connectivity index (χ2v) is 3.45. The third-order valence-corrected chi connectivity index (χ3v) is 2.09. The van der Waals surface area contributed by atoms with Crippen LogP contribution in [0.3, 0.4) is 0 Å². The Balaban J connectivity index is 0.000000386. The maximum Gasteiger partial charge on any atom is 0.130 e. The molecule has 80 valence electrons. The van der Waals surface area contributed by atoms with Crippen LogP contribution in [0.4, 0.5) is 0 Å². The van der Waals surface area contributed by atoms with Gasteiger partial charge in [-0.2, -0.15) is 5.26 Å². The van der Waals surface area contributed by atoms with E-state index in [1.54, 1.807) is 0 Å². The summed E-state index contributed by atoms with van der Waals surface area (Å²) in [6.07, 6.45) is 1.03. The SMILES string of the molecule is N#CS.c1ccc(Cc2ccccc2)cc1. The summed E-state index contributed by atoms with van der Waals surface area (Å²) < 4.78 is 0. The number of hydrogen-bond acceptors (Lipinski definition) is 2. The van der Waals surface area contributed by atoms with Crippen molar-refractivity contribution >= 4 is 12.6 Å². The highest BCUT2D eigenvalue weighted by Crippen LogP contribution is 2.07. The topological polar surface area (TPSA) is 23.8 Å². The molecular formula is C14H13NS. The summed E-state index contributed by atoms with van der Waals surface area (Å²) >= 11 is 3.09. The molecule has 0 N–H and O–H groups in total. The van der Waals surface area contributed by atoms with E-state index in [1.165, 1.54) is 16.5 Å². The Labute approximate surface area is 102 Å². The number of nitriles is 1. The molecule has 1 nitrogen and oxygen atoms in total. The molecule has 0 amide bonds. The Morgan fingerprint density at radius 3 is 1.44 bits per heavy atom. The van der Waals surface area contributed by atoms with Crippen LogP contribution in [0.15, 0.2) is 60.7 Å². The van der Waals surface area contributed by atoms with Crippen molar-refractivity contribution in [2.45, 2.75) is 6.42 Å². The van der Waals surface area contributed by atoms with Crippen LogP contribution < -0.4 is 0 Å². The molecule has 2 aromatic carbocycles. The second kappa shape index (κ2) is 7.56. The van der Waals surface area contributed by atoms with Crippen LogP contribution in [0, 0.1) is 10.7 Å². The first-order valence-corrected chi connectivity index (χ1v) is 5.42. The summed E-state index contributed by atoms with van der Waals surface area (Å²) in [7, 11) is 0. The standard InChI is InChI=1S/C13H12.CHNS/c1-3-7-12(8-4-1)11-13-9-5-2-6-10-13;2-1-3/h1-10H,11H2;3H. The molecular weight excluding hydrogens is 214 g/mol. The van der Waals surface area contributed by atoms with Crippen LogP contribution in [-0.2, 0) is 6.42 Å². The molecule has 0 radical (unpaired) electrons. The van der Waals surface area contributed by atoms with Gasteiger partial charge in [0.1, 0.15) is 5.40 Å². The fraction of sp³-hybridized carbons (Fsp3) is 0.0714.